The number of likely N-dealkylation sites (N-methyl/N-ethyl adjacent to an activating group) is 1. The van der Waals surface area contributed by atoms with Crippen LogP contribution in [0.3, 0.4) is 0 Å². The lowest BCUT2D eigenvalue weighted by Crippen LogP contribution is -2.38. The van der Waals surface area contributed by atoms with Gasteiger partial charge in [-0.3, -0.25) is 19.3 Å². The highest BCUT2D eigenvalue weighted by Crippen LogP contribution is 2.33. The number of allylic oxidation sites excluding steroid dienone is 1. The van der Waals surface area contributed by atoms with Gasteiger partial charge in [0, 0.05) is 19.3 Å². The van der Waals surface area contributed by atoms with Crippen molar-refractivity contribution in [3.8, 4) is 17.2 Å². The van der Waals surface area contributed by atoms with E-state index in [0.29, 0.717) is 59.7 Å². The van der Waals surface area contributed by atoms with E-state index in [4.69, 9.17) is 24.7 Å². The molecule has 1 aliphatic rings. The van der Waals surface area contributed by atoms with E-state index in [1.807, 2.05) is 50.4 Å². The Kier molecular flexibility index (Phi) is 8.24. The van der Waals surface area contributed by atoms with Gasteiger partial charge in [-0.2, -0.15) is 0 Å². The van der Waals surface area contributed by atoms with Crippen LogP contribution in [0.2, 0.25) is 0 Å². The van der Waals surface area contributed by atoms with Gasteiger partial charge in [-0.05, 0) is 46.4 Å². The second-order valence-corrected chi connectivity index (χ2v) is 9.02. The number of nitrogens with two attached hydrogens (primary N) is 1. The Labute approximate surface area is 216 Å². The third-order valence-corrected chi connectivity index (χ3v) is 6.09. The Morgan fingerprint density at radius 2 is 2.08 bits per heavy atom. The van der Waals surface area contributed by atoms with Gasteiger partial charge in [-0.15, -0.1) is 0 Å². The van der Waals surface area contributed by atoms with Gasteiger partial charge in [0.05, 0.1) is 59.8 Å². The number of rotatable bonds is 5. The van der Waals surface area contributed by atoms with Crippen LogP contribution in [0.1, 0.15) is 39.2 Å². The first kappa shape index (κ1) is 26.4. The molecule has 2 atom stereocenters. The van der Waals surface area contributed by atoms with Crippen LogP contribution < -0.4 is 10.5 Å². The number of aliphatic hydroxyl groups excluding tert-OH is 1. The number of fused-ring (bicyclic) bond motifs is 3. The number of hydrogen-bond acceptors (Lipinski definition) is 10. The minimum Gasteiger partial charge on any atom is -0.479 e. The van der Waals surface area contributed by atoms with E-state index in [-0.39, 0.29) is 24.6 Å². The summed E-state index contributed by atoms with van der Waals surface area (Å²) in [6.07, 6.45) is 8.88. The highest BCUT2D eigenvalue weighted by atomic mass is 16.6. The zero-order valence-electron chi connectivity index (χ0n) is 22.0. The van der Waals surface area contributed by atoms with Gasteiger partial charge in [0.1, 0.15) is 17.5 Å². The van der Waals surface area contributed by atoms with Crippen LogP contribution in [0.15, 0.2) is 45.6 Å². The quantitative estimate of drug-likeness (QED) is 0.497. The van der Waals surface area contributed by atoms with Gasteiger partial charge in [0.15, 0.2) is 5.88 Å². The van der Waals surface area contributed by atoms with Gasteiger partial charge < -0.3 is 24.8 Å². The van der Waals surface area contributed by atoms with E-state index >= 15 is 0 Å². The molecule has 11 heteroatoms. The topological polar surface area (TPSA) is 137 Å². The predicted molar refractivity (Wildman–Crippen MR) is 141 cm³/mol. The summed E-state index contributed by atoms with van der Waals surface area (Å²) in [6, 6.07) is -0.317. The second-order valence-electron chi connectivity index (χ2n) is 9.02. The molecule has 0 spiro atoms. The van der Waals surface area contributed by atoms with E-state index in [1.165, 1.54) is 0 Å². The van der Waals surface area contributed by atoms with Crippen LogP contribution in [0.5, 0.6) is 5.95 Å². The molecule has 0 amide bonds. The average Bonchev–Trinajstić information content (AvgIpc) is 3.45. The van der Waals surface area contributed by atoms with E-state index in [9.17, 15) is 5.11 Å². The van der Waals surface area contributed by atoms with Crippen molar-refractivity contribution in [1.29, 1.82) is 0 Å². The molecule has 4 heterocycles. The van der Waals surface area contributed by atoms with Crippen molar-refractivity contribution in [2.75, 3.05) is 32.8 Å². The van der Waals surface area contributed by atoms with E-state index in [1.54, 1.807) is 12.4 Å². The minimum atomic E-state index is -0.317. The summed E-state index contributed by atoms with van der Waals surface area (Å²) >= 11 is 0. The zero-order valence-corrected chi connectivity index (χ0v) is 22.0. The third kappa shape index (κ3) is 5.83. The van der Waals surface area contributed by atoms with Crippen LogP contribution >= 0.6 is 0 Å². The average molecular weight is 510 g/mol. The van der Waals surface area contributed by atoms with Crippen molar-refractivity contribution in [2.24, 2.45) is 10.7 Å². The van der Waals surface area contributed by atoms with Gasteiger partial charge >= 0.3 is 5.95 Å². The van der Waals surface area contributed by atoms with Crippen molar-refractivity contribution >= 4 is 17.3 Å². The maximum atomic E-state index is 9.74. The number of nitrogens with zero attached hydrogens (tertiary/aromatic N) is 6. The van der Waals surface area contributed by atoms with Crippen LogP contribution in [0, 0.1) is 6.92 Å². The summed E-state index contributed by atoms with van der Waals surface area (Å²) in [4.78, 5) is 16.2. The molecular weight excluding hydrogens is 474 g/mol. The monoisotopic (exact) mass is 509 g/mol. The van der Waals surface area contributed by atoms with Gasteiger partial charge in [-0.25, -0.2) is 4.98 Å². The molecule has 37 heavy (non-hydrogen) atoms. The Balaban J connectivity index is 1.92. The lowest BCUT2D eigenvalue weighted by molar-refractivity contribution is 0.119. The normalized spacial score (nSPS) is 21.2. The molecule has 0 saturated heterocycles. The molecule has 3 aromatic heterocycles. The molecule has 0 radical (unpaired) electrons. The lowest BCUT2D eigenvalue weighted by Gasteiger charge is -2.26. The van der Waals surface area contributed by atoms with Crippen LogP contribution in [-0.4, -0.2) is 80.2 Å². The Bertz CT molecular complexity index is 1320. The molecule has 0 fully saturated rings. The molecule has 2 bridgehead atoms. The maximum Gasteiger partial charge on any atom is 0.321 e. The van der Waals surface area contributed by atoms with Crippen molar-refractivity contribution < 1.29 is 19.1 Å². The summed E-state index contributed by atoms with van der Waals surface area (Å²) in [5, 5.41) is 13.9. The Hall–Kier alpha value is -3.70. The fourth-order valence-electron chi connectivity index (χ4n) is 4.20. The summed E-state index contributed by atoms with van der Waals surface area (Å²) in [5.41, 5.74) is 10.6. The first-order valence-electron chi connectivity index (χ1n) is 12.5. The highest BCUT2D eigenvalue weighted by Gasteiger charge is 2.23. The van der Waals surface area contributed by atoms with E-state index in [2.05, 4.69) is 26.9 Å². The molecule has 0 aliphatic carbocycles. The maximum absolute atomic E-state index is 9.74. The number of aliphatic hydroxyl groups is 1. The van der Waals surface area contributed by atoms with E-state index in [0.717, 1.165) is 12.1 Å². The predicted octanol–water partition coefficient (Wildman–Crippen LogP) is 2.84. The molecule has 2 unspecified atom stereocenters. The number of aliphatic imine (C=N–C) groups is 1. The summed E-state index contributed by atoms with van der Waals surface area (Å²) < 4.78 is 19.4. The van der Waals surface area contributed by atoms with Crippen LogP contribution in [0.25, 0.3) is 22.9 Å². The lowest BCUT2D eigenvalue weighted by atomic mass is 10.1. The minimum absolute atomic E-state index is 0.0883. The van der Waals surface area contributed by atoms with Crippen LogP contribution in [-0.2, 0) is 4.74 Å². The third-order valence-electron chi connectivity index (χ3n) is 6.09. The standard InChI is InChI=1S/C26H35N7O4/c1-6-32-12-17(4)36-26-24(18(5)31-37-26)22-14-33-19(10-28-22)11-29-23(33)9-8-20(25(27)35-7-2)21(13-32)30-16(3)15-34/h8-11,14,16-17,34H,6-7,12-13,15,27H2,1-5H3/b9-8+,25-20+,30-21?. The van der Waals surface area contributed by atoms with Gasteiger partial charge in [-0.1, -0.05) is 12.1 Å². The first-order valence-corrected chi connectivity index (χ1v) is 12.5. The SMILES string of the molecule is CCO/C(N)=C1\C=C\c2ncc3cnc(cn23)-c2c(C)noc2OC(C)CN(CC)CC1=NC(C)CO. The molecule has 4 rings (SSSR count). The van der Waals surface area contributed by atoms with E-state index < -0.39 is 0 Å². The van der Waals surface area contributed by atoms with Crippen LogP contribution in [0.4, 0.5) is 0 Å². The number of hydrogen-bond donors (Lipinski definition) is 2. The zero-order chi connectivity index (χ0) is 26.5. The summed E-state index contributed by atoms with van der Waals surface area (Å²) in [5.74, 6) is 1.25. The Morgan fingerprint density at radius 1 is 1.30 bits per heavy atom. The number of ether oxygens (including phenoxy) is 2. The molecule has 3 N–H and O–H groups in total. The number of aryl methyl sites for hydroxylation is 1. The summed E-state index contributed by atoms with van der Waals surface area (Å²) in [7, 11) is 0. The smallest absolute Gasteiger partial charge is 0.321 e. The van der Waals surface area contributed by atoms with Crippen molar-refractivity contribution in [3.63, 3.8) is 0 Å². The molecule has 1 aliphatic heterocycles. The van der Waals surface area contributed by atoms with Gasteiger partial charge in [0.25, 0.3) is 0 Å². The highest BCUT2D eigenvalue weighted by molar-refractivity contribution is 6.05. The fraction of sp³-hybridized carbons (Fsp3) is 0.462. The first-order chi connectivity index (χ1) is 17.8. The van der Waals surface area contributed by atoms with Crippen molar-refractivity contribution in [3.05, 3.63) is 47.6 Å². The summed E-state index contributed by atoms with van der Waals surface area (Å²) in [6.45, 7) is 11.8. The molecule has 0 saturated carbocycles. The van der Waals surface area contributed by atoms with Crippen molar-refractivity contribution in [2.45, 2.75) is 46.8 Å². The molecule has 3 aromatic rings. The second kappa shape index (κ2) is 11.6. The molecule has 198 valence electrons. The number of aromatic nitrogens is 4. The Morgan fingerprint density at radius 3 is 2.81 bits per heavy atom. The molecule has 0 aromatic carbocycles. The number of imidazole rings is 1. The van der Waals surface area contributed by atoms with Crippen molar-refractivity contribution in [1.82, 2.24) is 24.4 Å². The molecule has 11 nitrogen and oxygen atoms in total. The largest absolute Gasteiger partial charge is 0.479 e. The molecular formula is C26H35N7O4. The fourth-order valence-corrected chi connectivity index (χ4v) is 4.20. The van der Waals surface area contributed by atoms with Gasteiger partial charge in [0.2, 0.25) is 0 Å².